The van der Waals surface area contributed by atoms with E-state index in [1.54, 1.807) is 6.08 Å². The van der Waals surface area contributed by atoms with Crippen LogP contribution in [-0.2, 0) is 14.3 Å². The largest absolute Gasteiger partial charge is 0.394 e. The fourth-order valence-corrected chi connectivity index (χ4v) is 13.9. The van der Waals surface area contributed by atoms with Gasteiger partial charge in [-0.15, -0.1) is 0 Å². The molecular formula is C85H163NO8. The van der Waals surface area contributed by atoms with Crippen LogP contribution in [0.4, 0.5) is 0 Å². The highest BCUT2D eigenvalue weighted by molar-refractivity contribution is 5.76. The topological polar surface area (TPSA) is 149 Å². The number of ether oxygens (including phenoxy) is 2. The maximum atomic E-state index is 13.2. The number of carbonyl (C=O) groups is 1. The molecule has 1 heterocycles. The van der Waals surface area contributed by atoms with Gasteiger partial charge in [0.25, 0.3) is 0 Å². The Morgan fingerprint density at radius 1 is 0.351 bits per heavy atom. The molecule has 0 aromatic carbocycles. The van der Waals surface area contributed by atoms with E-state index in [1.807, 2.05) is 6.08 Å². The molecule has 1 rings (SSSR count). The lowest BCUT2D eigenvalue weighted by atomic mass is 9.99. The van der Waals surface area contributed by atoms with E-state index in [0.29, 0.717) is 6.42 Å². The van der Waals surface area contributed by atoms with Gasteiger partial charge < -0.3 is 40.3 Å². The van der Waals surface area contributed by atoms with Gasteiger partial charge in [0.05, 0.1) is 25.4 Å². The van der Waals surface area contributed by atoms with Crippen molar-refractivity contribution in [2.24, 2.45) is 0 Å². The zero-order valence-electron chi connectivity index (χ0n) is 62.8. The zero-order valence-corrected chi connectivity index (χ0v) is 62.8. The van der Waals surface area contributed by atoms with Crippen molar-refractivity contribution in [1.82, 2.24) is 5.32 Å². The van der Waals surface area contributed by atoms with Gasteiger partial charge in [0, 0.05) is 6.42 Å². The molecule has 0 aliphatic carbocycles. The first-order chi connectivity index (χ1) is 46.3. The Morgan fingerprint density at radius 3 is 0.894 bits per heavy atom. The highest BCUT2D eigenvalue weighted by Crippen LogP contribution is 2.24. The van der Waals surface area contributed by atoms with Gasteiger partial charge in [0.15, 0.2) is 6.29 Å². The molecule has 6 N–H and O–H groups in total. The van der Waals surface area contributed by atoms with Crippen LogP contribution in [0.25, 0.3) is 0 Å². The third kappa shape index (κ3) is 61.5. The van der Waals surface area contributed by atoms with Gasteiger partial charge in [-0.05, 0) is 57.8 Å². The van der Waals surface area contributed by atoms with E-state index in [1.165, 1.54) is 385 Å². The van der Waals surface area contributed by atoms with E-state index < -0.39 is 49.5 Å². The van der Waals surface area contributed by atoms with E-state index in [-0.39, 0.29) is 12.5 Å². The summed E-state index contributed by atoms with van der Waals surface area (Å²) in [6, 6.07) is -0.822. The quantitative estimate of drug-likeness (QED) is 0.0261. The Bertz CT molecular complexity index is 1590. The van der Waals surface area contributed by atoms with Gasteiger partial charge in [0.2, 0.25) is 5.91 Å². The summed E-state index contributed by atoms with van der Waals surface area (Å²) in [5.41, 5.74) is 0. The first kappa shape index (κ1) is 90.4. The number of allylic oxidation sites excluding steroid dienone is 5. The SMILES string of the molecule is CCCCCCCCCC/C=C\CCCCCCCCCCCCCCCCCCCCCCCCCCCCCC(=O)NC(COC1OC(CO)C(O)C(O)C1O)C(O)/C=C/CC/C=C/CCCCCCCCCCCCCCCCCCCCCCCCCCCC. The molecule has 556 valence electrons. The molecule has 7 unspecified atom stereocenters. The third-order valence-electron chi connectivity index (χ3n) is 20.4. The minimum Gasteiger partial charge on any atom is -0.394 e. The van der Waals surface area contributed by atoms with Crippen LogP contribution in [0.1, 0.15) is 444 Å². The fraction of sp³-hybridized carbons (Fsp3) is 0.918. The van der Waals surface area contributed by atoms with Gasteiger partial charge in [-0.3, -0.25) is 4.79 Å². The minimum absolute atomic E-state index is 0.177. The van der Waals surface area contributed by atoms with Crippen LogP contribution in [-0.4, -0.2) is 87.5 Å². The van der Waals surface area contributed by atoms with E-state index in [4.69, 9.17) is 9.47 Å². The normalized spacial score (nSPS) is 17.6. The maximum absolute atomic E-state index is 13.2. The van der Waals surface area contributed by atoms with Gasteiger partial charge >= 0.3 is 0 Å². The lowest BCUT2D eigenvalue weighted by Crippen LogP contribution is -2.60. The number of unbranched alkanes of at least 4 members (excludes halogenated alkanes) is 62. The minimum atomic E-state index is -1.57. The highest BCUT2D eigenvalue weighted by Gasteiger charge is 2.44. The molecule has 94 heavy (non-hydrogen) atoms. The highest BCUT2D eigenvalue weighted by atomic mass is 16.7. The summed E-state index contributed by atoms with van der Waals surface area (Å²) in [7, 11) is 0. The van der Waals surface area contributed by atoms with Crippen molar-refractivity contribution < 1.29 is 39.8 Å². The molecule has 1 fully saturated rings. The van der Waals surface area contributed by atoms with E-state index in [9.17, 15) is 30.3 Å². The maximum Gasteiger partial charge on any atom is 0.220 e. The van der Waals surface area contributed by atoms with Gasteiger partial charge in [0.1, 0.15) is 24.4 Å². The van der Waals surface area contributed by atoms with Crippen LogP contribution in [0.3, 0.4) is 0 Å². The standard InChI is InChI=1S/C85H163NO8/c1-3-5-7-9-11-13-15-17-19-21-23-25-27-29-31-33-35-37-38-39-40-41-42-43-45-47-49-51-53-55-57-59-61-63-65-67-69-71-73-75-81(89)86-78(77-93-85-84(92)83(91)82(90)80(76-87)94-85)79(88)74-72-70-68-66-64-62-60-58-56-54-52-50-48-46-44-36-34-32-30-28-26-24-22-20-18-16-14-12-10-8-6-4-2/h21,23,64,66,72,74,78-80,82-85,87-88,90-92H,3-20,22,24-63,65,67-71,73,75-77H2,1-2H3,(H,86,89)/b23-21-,66-64+,74-72+. The molecule has 9 nitrogen and oxygen atoms in total. The first-order valence-corrected chi connectivity index (χ1v) is 42.2. The van der Waals surface area contributed by atoms with E-state index in [0.717, 1.165) is 38.5 Å². The lowest BCUT2D eigenvalue weighted by molar-refractivity contribution is -0.302. The number of carbonyl (C=O) groups excluding carboxylic acids is 1. The smallest absolute Gasteiger partial charge is 0.220 e. The first-order valence-electron chi connectivity index (χ1n) is 42.2. The summed E-state index contributed by atoms with van der Waals surface area (Å²) in [5.74, 6) is -0.177. The molecule has 0 spiro atoms. The van der Waals surface area contributed by atoms with Crippen LogP contribution < -0.4 is 5.32 Å². The molecule has 0 aromatic heterocycles. The summed E-state index contributed by atoms with van der Waals surface area (Å²) >= 11 is 0. The van der Waals surface area contributed by atoms with Crippen molar-refractivity contribution in [2.75, 3.05) is 13.2 Å². The van der Waals surface area contributed by atoms with Crippen molar-refractivity contribution in [3.05, 3.63) is 36.5 Å². The number of amides is 1. The number of hydrogen-bond donors (Lipinski definition) is 6. The Labute approximate surface area is 584 Å². The number of aliphatic hydroxyl groups is 5. The molecule has 1 saturated heterocycles. The molecule has 0 radical (unpaired) electrons. The molecule has 0 aromatic rings. The van der Waals surface area contributed by atoms with Crippen molar-refractivity contribution in [2.45, 2.75) is 487 Å². The van der Waals surface area contributed by atoms with Crippen LogP contribution in [0.2, 0.25) is 0 Å². The van der Waals surface area contributed by atoms with Crippen molar-refractivity contribution >= 4 is 5.91 Å². The second-order valence-electron chi connectivity index (χ2n) is 29.6. The zero-order chi connectivity index (χ0) is 67.8. The Hall–Kier alpha value is -1.59. The molecule has 7 atom stereocenters. The summed E-state index contributed by atoms with van der Waals surface area (Å²) < 4.78 is 11.3. The summed E-state index contributed by atoms with van der Waals surface area (Å²) in [5, 5.41) is 54.9. The monoisotopic (exact) mass is 1330 g/mol. The lowest BCUT2D eigenvalue weighted by Gasteiger charge is -2.40. The van der Waals surface area contributed by atoms with Crippen LogP contribution in [0.5, 0.6) is 0 Å². The predicted molar refractivity (Wildman–Crippen MR) is 406 cm³/mol. The molecule has 0 bridgehead atoms. The van der Waals surface area contributed by atoms with Gasteiger partial charge in [-0.2, -0.15) is 0 Å². The van der Waals surface area contributed by atoms with Crippen LogP contribution in [0, 0.1) is 0 Å². The van der Waals surface area contributed by atoms with Crippen LogP contribution in [0.15, 0.2) is 36.5 Å². The summed E-state index contributed by atoms with van der Waals surface area (Å²) in [6.07, 6.45) is 94.7. The molecular weight excluding hydrogens is 1160 g/mol. The third-order valence-corrected chi connectivity index (χ3v) is 20.4. The Morgan fingerprint density at radius 2 is 0.606 bits per heavy atom. The molecule has 1 aliphatic heterocycles. The fourth-order valence-electron chi connectivity index (χ4n) is 13.9. The number of rotatable bonds is 76. The molecule has 9 heteroatoms. The average Bonchev–Trinajstić information content (AvgIpc) is 0.829. The van der Waals surface area contributed by atoms with Gasteiger partial charge in [-0.25, -0.2) is 0 Å². The van der Waals surface area contributed by atoms with Crippen LogP contribution >= 0.6 is 0 Å². The predicted octanol–water partition coefficient (Wildman–Crippen LogP) is 24.5. The second kappa shape index (κ2) is 74.1. The van der Waals surface area contributed by atoms with Crippen molar-refractivity contribution in [3.8, 4) is 0 Å². The number of nitrogens with one attached hydrogen (secondary N) is 1. The Balaban J connectivity index is 2.05. The summed E-state index contributed by atoms with van der Waals surface area (Å²) in [4.78, 5) is 13.2. The summed E-state index contributed by atoms with van der Waals surface area (Å²) in [6.45, 7) is 3.83. The van der Waals surface area contributed by atoms with E-state index >= 15 is 0 Å². The van der Waals surface area contributed by atoms with Crippen molar-refractivity contribution in [1.29, 1.82) is 0 Å². The van der Waals surface area contributed by atoms with Crippen molar-refractivity contribution in [3.63, 3.8) is 0 Å². The molecule has 1 amide bonds. The average molecular weight is 1330 g/mol. The van der Waals surface area contributed by atoms with E-state index in [2.05, 4.69) is 43.5 Å². The molecule has 1 aliphatic rings. The Kier molecular flexibility index (Phi) is 71.3. The number of aliphatic hydroxyl groups excluding tert-OH is 5. The number of hydrogen-bond acceptors (Lipinski definition) is 8. The van der Waals surface area contributed by atoms with Gasteiger partial charge in [-0.1, -0.05) is 416 Å². The molecule has 0 saturated carbocycles. The second-order valence-corrected chi connectivity index (χ2v) is 29.6.